The summed E-state index contributed by atoms with van der Waals surface area (Å²) >= 11 is 5.77. The highest BCUT2D eigenvalue weighted by atomic mass is 35.5. The number of rotatable bonds is 4. The van der Waals surface area contributed by atoms with Gasteiger partial charge in [0.15, 0.2) is 0 Å². The topological polar surface area (TPSA) is 58.2 Å². The summed E-state index contributed by atoms with van der Waals surface area (Å²) in [6, 6.07) is 3.99. The van der Waals surface area contributed by atoms with Crippen LogP contribution in [0.5, 0.6) is 0 Å². The van der Waals surface area contributed by atoms with E-state index in [9.17, 15) is 14.0 Å². The number of carbonyl (C=O) groups is 2. The highest BCUT2D eigenvalue weighted by Gasteiger charge is 2.29. The van der Waals surface area contributed by atoms with E-state index in [-0.39, 0.29) is 30.1 Å². The minimum Gasteiger partial charge on any atom is -0.356 e. The van der Waals surface area contributed by atoms with E-state index in [1.54, 1.807) is 12.1 Å². The fourth-order valence-electron chi connectivity index (χ4n) is 2.64. The van der Waals surface area contributed by atoms with Gasteiger partial charge in [0.1, 0.15) is 5.82 Å². The first-order valence-electron chi connectivity index (χ1n) is 7.40. The Kier molecular flexibility index (Phi) is 5.40. The van der Waals surface area contributed by atoms with E-state index in [1.165, 1.54) is 6.07 Å². The molecular formula is C16H20ClFN2O2. The zero-order chi connectivity index (χ0) is 16.3. The second-order valence-electron chi connectivity index (χ2n) is 5.94. The van der Waals surface area contributed by atoms with Crippen LogP contribution >= 0.6 is 11.6 Å². The maximum atomic E-state index is 14.1. The summed E-state index contributed by atoms with van der Waals surface area (Å²) in [7, 11) is 0. The maximum absolute atomic E-state index is 14.1. The maximum Gasteiger partial charge on any atom is 0.224 e. The molecule has 0 unspecified atom stereocenters. The zero-order valence-electron chi connectivity index (χ0n) is 12.7. The molecule has 1 aliphatic rings. The molecule has 1 aromatic rings. The summed E-state index contributed by atoms with van der Waals surface area (Å²) in [5.41, 5.74) is 0.410. The van der Waals surface area contributed by atoms with Gasteiger partial charge >= 0.3 is 0 Å². The van der Waals surface area contributed by atoms with Gasteiger partial charge in [0, 0.05) is 29.5 Å². The van der Waals surface area contributed by atoms with Crippen LogP contribution in [0, 0.1) is 17.7 Å². The molecule has 0 bridgehead atoms. The van der Waals surface area contributed by atoms with E-state index in [0.717, 1.165) is 0 Å². The first kappa shape index (κ1) is 16.7. The van der Waals surface area contributed by atoms with Crippen LogP contribution in [-0.4, -0.2) is 18.4 Å². The van der Waals surface area contributed by atoms with Crippen LogP contribution in [0.4, 0.5) is 4.39 Å². The van der Waals surface area contributed by atoms with Gasteiger partial charge in [0.25, 0.3) is 0 Å². The van der Waals surface area contributed by atoms with E-state index in [0.29, 0.717) is 23.6 Å². The Hall–Kier alpha value is -1.62. The van der Waals surface area contributed by atoms with Crippen molar-refractivity contribution in [1.29, 1.82) is 0 Å². The van der Waals surface area contributed by atoms with Gasteiger partial charge in [-0.05, 0) is 24.5 Å². The fraction of sp³-hybridized carbons (Fsp3) is 0.500. The molecule has 22 heavy (non-hydrogen) atoms. The Morgan fingerprint density at radius 1 is 1.45 bits per heavy atom. The average Bonchev–Trinajstić information content (AvgIpc) is 2.45. The Labute approximate surface area is 134 Å². The number of hydrogen-bond donors (Lipinski definition) is 2. The number of carbonyl (C=O) groups excluding carboxylic acids is 2. The van der Waals surface area contributed by atoms with Crippen molar-refractivity contribution in [3.05, 3.63) is 34.6 Å². The van der Waals surface area contributed by atoms with Gasteiger partial charge in [0.05, 0.1) is 6.04 Å². The molecule has 0 radical (unpaired) electrons. The molecule has 0 aliphatic carbocycles. The number of amides is 2. The number of piperidine rings is 1. The molecule has 6 heteroatoms. The van der Waals surface area contributed by atoms with Gasteiger partial charge in [-0.2, -0.15) is 0 Å². The monoisotopic (exact) mass is 326 g/mol. The Bertz CT molecular complexity index is 577. The van der Waals surface area contributed by atoms with Gasteiger partial charge < -0.3 is 10.6 Å². The zero-order valence-corrected chi connectivity index (χ0v) is 13.4. The third kappa shape index (κ3) is 3.97. The summed E-state index contributed by atoms with van der Waals surface area (Å²) in [4.78, 5) is 23.8. The van der Waals surface area contributed by atoms with Gasteiger partial charge in [-0.1, -0.05) is 31.5 Å². The number of hydrogen-bond acceptors (Lipinski definition) is 2. The molecule has 4 nitrogen and oxygen atoms in total. The van der Waals surface area contributed by atoms with Crippen molar-refractivity contribution in [3.63, 3.8) is 0 Å². The quantitative estimate of drug-likeness (QED) is 0.894. The number of nitrogens with one attached hydrogen (secondary N) is 2. The van der Waals surface area contributed by atoms with E-state index >= 15 is 0 Å². The summed E-state index contributed by atoms with van der Waals surface area (Å²) in [5.74, 6) is -1.11. The molecule has 0 spiro atoms. The minimum atomic E-state index is -0.449. The molecule has 2 amide bonds. The molecule has 1 aliphatic heterocycles. The van der Waals surface area contributed by atoms with Crippen molar-refractivity contribution in [2.45, 2.75) is 32.7 Å². The molecule has 1 fully saturated rings. The third-order valence-electron chi connectivity index (χ3n) is 3.88. The smallest absolute Gasteiger partial charge is 0.224 e. The lowest BCUT2D eigenvalue weighted by Crippen LogP contribution is -2.43. The van der Waals surface area contributed by atoms with Crippen LogP contribution < -0.4 is 10.6 Å². The van der Waals surface area contributed by atoms with E-state index < -0.39 is 11.9 Å². The summed E-state index contributed by atoms with van der Waals surface area (Å²) in [5, 5.41) is 5.90. The molecule has 2 rings (SSSR count). The Morgan fingerprint density at radius 2 is 2.18 bits per heavy atom. The third-order valence-corrected chi connectivity index (χ3v) is 4.11. The molecule has 2 atom stereocenters. The van der Waals surface area contributed by atoms with E-state index in [1.807, 2.05) is 13.8 Å². The summed E-state index contributed by atoms with van der Waals surface area (Å²) in [6.45, 7) is 4.32. The van der Waals surface area contributed by atoms with Gasteiger partial charge in [-0.15, -0.1) is 0 Å². The standard InChI is InChI=1S/C16H20ClFN2O2/c1-9(2)15(12-4-3-11(17)8-13(12)18)20-16(22)10-5-6-19-14(21)7-10/h3-4,8-10,15H,5-7H2,1-2H3,(H,19,21)(H,20,22)/t10-,15+/m1/s1. The van der Waals surface area contributed by atoms with Crippen LogP contribution in [0.2, 0.25) is 5.02 Å². The van der Waals surface area contributed by atoms with Crippen molar-refractivity contribution >= 4 is 23.4 Å². The lowest BCUT2D eigenvalue weighted by Gasteiger charge is -2.27. The SMILES string of the molecule is CC(C)[C@H](NC(=O)[C@@H]1CCNC(=O)C1)c1ccc(Cl)cc1F. The second-order valence-corrected chi connectivity index (χ2v) is 6.37. The van der Waals surface area contributed by atoms with Crippen LogP contribution in [0.3, 0.4) is 0 Å². The predicted octanol–water partition coefficient (Wildman–Crippen LogP) is 2.82. The lowest BCUT2D eigenvalue weighted by atomic mass is 9.92. The Morgan fingerprint density at radius 3 is 2.77 bits per heavy atom. The molecule has 2 N–H and O–H groups in total. The van der Waals surface area contributed by atoms with Crippen LogP contribution in [0.15, 0.2) is 18.2 Å². The van der Waals surface area contributed by atoms with Crippen molar-refractivity contribution in [2.75, 3.05) is 6.54 Å². The normalized spacial score (nSPS) is 19.7. The highest BCUT2D eigenvalue weighted by Crippen LogP contribution is 2.27. The minimum absolute atomic E-state index is 0.0112. The molecule has 0 saturated carbocycles. The lowest BCUT2D eigenvalue weighted by molar-refractivity contribution is -0.133. The summed E-state index contributed by atoms with van der Waals surface area (Å²) in [6.07, 6.45) is 0.783. The first-order chi connectivity index (χ1) is 10.4. The van der Waals surface area contributed by atoms with Crippen molar-refractivity contribution in [3.8, 4) is 0 Å². The molecular weight excluding hydrogens is 307 g/mol. The predicted molar refractivity (Wildman–Crippen MR) is 82.9 cm³/mol. The molecule has 0 aromatic heterocycles. The van der Waals surface area contributed by atoms with Crippen LogP contribution in [0.25, 0.3) is 0 Å². The molecule has 1 saturated heterocycles. The van der Waals surface area contributed by atoms with Gasteiger partial charge in [0.2, 0.25) is 11.8 Å². The molecule has 1 heterocycles. The average molecular weight is 327 g/mol. The first-order valence-corrected chi connectivity index (χ1v) is 7.78. The number of benzene rings is 1. The van der Waals surface area contributed by atoms with Crippen LogP contribution in [0.1, 0.15) is 38.3 Å². The van der Waals surface area contributed by atoms with E-state index in [4.69, 9.17) is 11.6 Å². The van der Waals surface area contributed by atoms with Crippen molar-refractivity contribution < 1.29 is 14.0 Å². The van der Waals surface area contributed by atoms with Gasteiger partial charge in [-0.25, -0.2) is 4.39 Å². The van der Waals surface area contributed by atoms with Crippen molar-refractivity contribution in [2.24, 2.45) is 11.8 Å². The Balaban J connectivity index is 2.15. The second kappa shape index (κ2) is 7.09. The highest BCUT2D eigenvalue weighted by molar-refractivity contribution is 6.30. The van der Waals surface area contributed by atoms with Gasteiger partial charge in [-0.3, -0.25) is 9.59 Å². The van der Waals surface area contributed by atoms with Crippen molar-refractivity contribution in [1.82, 2.24) is 10.6 Å². The molecule has 120 valence electrons. The summed E-state index contributed by atoms with van der Waals surface area (Å²) < 4.78 is 14.1. The fourth-order valence-corrected chi connectivity index (χ4v) is 2.79. The largest absolute Gasteiger partial charge is 0.356 e. The number of halogens is 2. The molecule has 1 aromatic carbocycles. The van der Waals surface area contributed by atoms with E-state index in [2.05, 4.69) is 10.6 Å². The van der Waals surface area contributed by atoms with Crippen LogP contribution in [-0.2, 0) is 9.59 Å².